The number of hydrogen-bond acceptors (Lipinski definition) is 3. The van der Waals surface area contributed by atoms with E-state index in [1.807, 2.05) is 0 Å². The van der Waals surface area contributed by atoms with Crippen LogP contribution in [0.4, 0.5) is 0 Å². The summed E-state index contributed by atoms with van der Waals surface area (Å²) in [5.41, 5.74) is 0. The Labute approximate surface area is 37.3 Å². The SMILES string of the molecule is C#C.OP(O)O. The van der Waals surface area contributed by atoms with Crippen LogP contribution in [0.5, 0.6) is 0 Å². The van der Waals surface area contributed by atoms with E-state index in [-0.39, 0.29) is 0 Å². The average molecular weight is 108 g/mol. The molecule has 0 bridgehead atoms. The zero-order valence-corrected chi connectivity index (χ0v) is 3.84. The van der Waals surface area contributed by atoms with Gasteiger partial charge in [-0.25, -0.2) is 0 Å². The molecule has 0 amide bonds. The molecule has 0 aromatic rings. The molecule has 0 saturated carbocycles. The van der Waals surface area contributed by atoms with Gasteiger partial charge in [0.2, 0.25) is 0 Å². The molecular formula is C2H5O3P. The van der Waals surface area contributed by atoms with Gasteiger partial charge >= 0.3 is 8.60 Å². The van der Waals surface area contributed by atoms with Crippen LogP contribution in [-0.2, 0) is 0 Å². The molecule has 6 heavy (non-hydrogen) atoms. The Morgan fingerprint density at radius 3 is 1.00 bits per heavy atom. The van der Waals surface area contributed by atoms with Crippen LogP contribution in [0.25, 0.3) is 0 Å². The van der Waals surface area contributed by atoms with Gasteiger partial charge in [0.05, 0.1) is 0 Å². The second-order valence-corrected chi connectivity index (χ2v) is 0.805. The molecule has 0 heterocycles. The third kappa shape index (κ3) is 1890. The van der Waals surface area contributed by atoms with Crippen molar-refractivity contribution in [3.05, 3.63) is 0 Å². The first kappa shape index (κ1) is 9.30. The van der Waals surface area contributed by atoms with E-state index in [9.17, 15) is 0 Å². The summed E-state index contributed by atoms with van der Waals surface area (Å²) in [7, 11) is -2.62. The number of rotatable bonds is 0. The van der Waals surface area contributed by atoms with Crippen LogP contribution in [-0.4, -0.2) is 14.7 Å². The summed E-state index contributed by atoms with van der Waals surface area (Å²) in [6.07, 6.45) is 8.00. The summed E-state index contributed by atoms with van der Waals surface area (Å²) >= 11 is 0. The molecule has 0 radical (unpaired) electrons. The minimum Gasteiger partial charge on any atom is -0.328 e. The molecule has 3 N–H and O–H groups in total. The third-order valence-corrected chi connectivity index (χ3v) is 0. The van der Waals surface area contributed by atoms with Crippen LogP contribution in [0.3, 0.4) is 0 Å². The van der Waals surface area contributed by atoms with Crippen LogP contribution in [0.2, 0.25) is 0 Å². The quantitative estimate of drug-likeness (QED) is 0.288. The molecule has 36 valence electrons. The summed E-state index contributed by atoms with van der Waals surface area (Å²) < 4.78 is 0. The highest BCUT2D eigenvalue weighted by atomic mass is 31.2. The van der Waals surface area contributed by atoms with Crippen molar-refractivity contribution in [2.24, 2.45) is 0 Å². The zero-order valence-electron chi connectivity index (χ0n) is 2.94. The number of hydrogen-bond donors (Lipinski definition) is 3. The van der Waals surface area contributed by atoms with Crippen molar-refractivity contribution in [3.63, 3.8) is 0 Å². The molecule has 0 rings (SSSR count). The van der Waals surface area contributed by atoms with Gasteiger partial charge in [-0.3, -0.25) is 0 Å². The molecule has 0 unspecified atom stereocenters. The van der Waals surface area contributed by atoms with E-state index in [1.165, 1.54) is 0 Å². The van der Waals surface area contributed by atoms with Crippen molar-refractivity contribution in [3.8, 4) is 12.8 Å². The molecule has 0 aromatic carbocycles. The Morgan fingerprint density at radius 1 is 1.00 bits per heavy atom. The molecule has 4 heteroatoms. The van der Waals surface area contributed by atoms with Crippen molar-refractivity contribution in [2.75, 3.05) is 0 Å². The van der Waals surface area contributed by atoms with Crippen LogP contribution in [0.15, 0.2) is 0 Å². The van der Waals surface area contributed by atoms with Gasteiger partial charge in [0.1, 0.15) is 0 Å². The highest BCUT2D eigenvalue weighted by Gasteiger charge is 1.76. The largest absolute Gasteiger partial charge is 0.328 e. The van der Waals surface area contributed by atoms with E-state index in [2.05, 4.69) is 12.8 Å². The molecule has 0 aliphatic rings. The normalized spacial score (nSPS) is 6.33. The van der Waals surface area contributed by atoms with Crippen LogP contribution < -0.4 is 0 Å². The van der Waals surface area contributed by atoms with Gasteiger partial charge in [-0.1, -0.05) is 0 Å². The monoisotopic (exact) mass is 108 g/mol. The van der Waals surface area contributed by atoms with Gasteiger partial charge in [-0.2, -0.15) is 0 Å². The topological polar surface area (TPSA) is 60.7 Å². The van der Waals surface area contributed by atoms with Crippen LogP contribution in [0.1, 0.15) is 0 Å². The number of terminal acetylenes is 1. The van der Waals surface area contributed by atoms with E-state index >= 15 is 0 Å². The van der Waals surface area contributed by atoms with Crippen molar-refractivity contribution < 1.29 is 14.7 Å². The molecule has 0 atom stereocenters. The van der Waals surface area contributed by atoms with E-state index < -0.39 is 8.60 Å². The Bertz CT molecular complexity index is 30.3. The smallest absolute Gasteiger partial charge is 0.324 e. The van der Waals surface area contributed by atoms with E-state index in [0.717, 1.165) is 0 Å². The maximum Gasteiger partial charge on any atom is 0.324 e. The van der Waals surface area contributed by atoms with E-state index in [0.29, 0.717) is 0 Å². The van der Waals surface area contributed by atoms with Gasteiger partial charge < -0.3 is 14.7 Å². The summed E-state index contributed by atoms with van der Waals surface area (Å²) in [5.74, 6) is 0. The van der Waals surface area contributed by atoms with Gasteiger partial charge in [-0.05, 0) is 0 Å². The Morgan fingerprint density at radius 2 is 1.00 bits per heavy atom. The molecule has 0 fully saturated rings. The average Bonchev–Trinajstić information content (AvgIpc) is 1.41. The standard InChI is InChI=1S/C2H2.H3O3P/c1-2;1-4(2)3/h1-2H;1-3H. The summed E-state index contributed by atoms with van der Waals surface area (Å²) in [4.78, 5) is 21.7. The second kappa shape index (κ2) is 8.85. The summed E-state index contributed by atoms with van der Waals surface area (Å²) in [5, 5.41) is 0. The maximum atomic E-state index is 7.23. The lowest BCUT2D eigenvalue weighted by molar-refractivity contribution is 0.368. The highest BCUT2D eigenvalue weighted by Crippen LogP contribution is 2.11. The summed E-state index contributed by atoms with van der Waals surface area (Å²) in [6.45, 7) is 0. The minimum absolute atomic E-state index is 2.62. The molecule has 0 aliphatic heterocycles. The summed E-state index contributed by atoms with van der Waals surface area (Å²) in [6, 6.07) is 0. The van der Waals surface area contributed by atoms with Crippen LogP contribution >= 0.6 is 8.60 Å². The van der Waals surface area contributed by atoms with Gasteiger partial charge in [0.25, 0.3) is 0 Å². The lowest BCUT2D eigenvalue weighted by Crippen LogP contribution is -1.54. The third-order valence-electron chi connectivity index (χ3n) is 0. The van der Waals surface area contributed by atoms with Gasteiger partial charge in [0, 0.05) is 0 Å². The fraction of sp³-hybridized carbons (Fsp3) is 0. The molecule has 0 spiro atoms. The molecule has 0 aromatic heterocycles. The van der Waals surface area contributed by atoms with Crippen LogP contribution in [0, 0.1) is 12.8 Å². The Balaban J connectivity index is 0. The molecule has 0 aliphatic carbocycles. The first-order chi connectivity index (χ1) is 2.73. The predicted molar refractivity (Wildman–Crippen MR) is 23.5 cm³/mol. The first-order valence-electron chi connectivity index (χ1n) is 0.933. The van der Waals surface area contributed by atoms with Crippen molar-refractivity contribution in [1.82, 2.24) is 0 Å². The van der Waals surface area contributed by atoms with E-state index in [4.69, 9.17) is 14.7 Å². The lowest BCUT2D eigenvalue weighted by atomic mass is 11.4. The van der Waals surface area contributed by atoms with Gasteiger partial charge in [-0.15, -0.1) is 12.8 Å². The fourth-order valence-corrected chi connectivity index (χ4v) is 0. The van der Waals surface area contributed by atoms with Crippen molar-refractivity contribution in [1.29, 1.82) is 0 Å². The van der Waals surface area contributed by atoms with E-state index in [1.54, 1.807) is 0 Å². The second-order valence-electron chi connectivity index (χ2n) is 0.268. The first-order valence-corrected chi connectivity index (χ1v) is 2.13. The Hall–Kier alpha value is -0.130. The van der Waals surface area contributed by atoms with Crippen molar-refractivity contribution in [2.45, 2.75) is 0 Å². The van der Waals surface area contributed by atoms with Crippen molar-refractivity contribution >= 4 is 8.60 Å². The highest BCUT2D eigenvalue weighted by molar-refractivity contribution is 7.38. The molecule has 3 nitrogen and oxygen atoms in total. The maximum absolute atomic E-state index is 7.23. The molecular weight excluding hydrogens is 103 g/mol. The zero-order chi connectivity index (χ0) is 5.58. The fourth-order valence-electron chi connectivity index (χ4n) is 0. The minimum atomic E-state index is -2.62. The predicted octanol–water partition coefficient (Wildman–Crippen LogP) is -0.560. The van der Waals surface area contributed by atoms with Gasteiger partial charge in [0.15, 0.2) is 0 Å². The lowest BCUT2D eigenvalue weighted by Gasteiger charge is -1.76. The molecule has 0 saturated heterocycles. The Kier molecular flexibility index (Phi) is 13.7.